The van der Waals surface area contributed by atoms with Gasteiger partial charge in [-0.3, -0.25) is 9.59 Å². The molecule has 30 heavy (non-hydrogen) atoms. The first-order valence-electron chi connectivity index (χ1n) is 12.0. The number of esters is 1. The molecule has 0 radical (unpaired) electrons. The van der Waals surface area contributed by atoms with Gasteiger partial charge >= 0.3 is 5.97 Å². The lowest BCUT2D eigenvalue weighted by molar-refractivity contribution is -0.164. The molecule has 5 heteroatoms. The Bertz CT molecular complexity index is 852. The van der Waals surface area contributed by atoms with E-state index in [0.717, 1.165) is 44.3 Å². The molecule has 6 rings (SSSR count). The average Bonchev–Trinajstić information content (AvgIpc) is 3.19. The lowest BCUT2D eigenvalue weighted by atomic mass is 9.46. The zero-order valence-corrected chi connectivity index (χ0v) is 19.3. The summed E-state index contributed by atoms with van der Waals surface area (Å²) >= 11 is 2.10. The largest absolute Gasteiger partial charge is 0.458 e. The fraction of sp³-hybridized carbons (Fsp3) is 0.840. The maximum absolute atomic E-state index is 12.3. The Kier molecular flexibility index (Phi) is 4.07. The summed E-state index contributed by atoms with van der Waals surface area (Å²) in [5.41, 5.74) is 0.980. The van der Waals surface area contributed by atoms with Gasteiger partial charge in [-0.25, -0.2) is 0 Å². The Morgan fingerprint density at radius 2 is 2.00 bits per heavy atom. The van der Waals surface area contributed by atoms with Crippen molar-refractivity contribution in [1.29, 1.82) is 0 Å². The van der Waals surface area contributed by atoms with E-state index in [4.69, 9.17) is 9.47 Å². The SMILES string of the molecule is CCCS[C@@H]1CC2=CC(=O)CC[C@]2(C)[C@@]23O[C@H]2C[C@@]2(C)C(CC[C@@]24CCC(=O)O4)C13. The monoisotopic (exact) mass is 430 g/mol. The van der Waals surface area contributed by atoms with E-state index in [1.807, 2.05) is 6.08 Å². The molecule has 0 aromatic heterocycles. The number of thioether (sulfide) groups is 1. The van der Waals surface area contributed by atoms with E-state index < -0.39 is 0 Å². The van der Waals surface area contributed by atoms with Crippen molar-refractivity contribution in [3.05, 3.63) is 11.6 Å². The molecule has 0 aromatic rings. The Balaban J connectivity index is 1.45. The molecule has 2 heterocycles. The molecule has 0 N–H and O–H groups in total. The summed E-state index contributed by atoms with van der Waals surface area (Å²) in [6.45, 7) is 7.06. The van der Waals surface area contributed by atoms with Gasteiger partial charge in [0.25, 0.3) is 0 Å². The molecule has 4 nitrogen and oxygen atoms in total. The summed E-state index contributed by atoms with van der Waals surface area (Å²) in [6.07, 6.45) is 10.6. The summed E-state index contributed by atoms with van der Waals surface area (Å²) in [5.74, 6) is 2.48. The number of carbonyl (C=O) groups is 2. The zero-order valence-electron chi connectivity index (χ0n) is 18.5. The molecule has 3 saturated carbocycles. The van der Waals surface area contributed by atoms with Crippen LogP contribution in [-0.4, -0.2) is 40.1 Å². The van der Waals surface area contributed by atoms with E-state index in [2.05, 4.69) is 32.5 Å². The molecule has 2 spiro atoms. The summed E-state index contributed by atoms with van der Waals surface area (Å²) < 4.78 is 12.9. The van der Waals surface area contributed by atoms with Crippen molar-refractivity contribution in [3.63, 3.8) is 0 Å². The molecule has 4 aliphatic carbocycles. The van der Waals surface area contributed by atoms with E-state index in [1.165, 1.54) is 12.0 Å². The number of fused-ring (bicyclic) bond motifs is 4. The fourth-order valence-electron chi connectivity index (χ4n) is 8.67. The van der Waals surface area contributed by atoms with Gasteiger partial charge in [-0.05, 0) is 62.7 Å². The molecular weight excluding hydrogens is 396 g/mol. The van der Waals surface area contributed by atoms with Crippen LogP contribution in [0.15, 0.2) is 11.6 Å². The number of hydrogen-bond acceptors (Lipinski definition) is 5. The number of ketones is 1. The lowest BCUT2D eigenvalue weighted by Crippen LogP contribution is -2.63. The van der Waals surface area contributed by atoms with Crippen LogP contribution in [0.5, 0.6) is 0 Å². The Labute approximate surface area is 183 Å². The first-order chi connectivity index (χ1) is 14.3. The van der Waals surface area contributed by atoms with Gasteiger partial charge in [-0.2, -0.15) is 11.8 Å². The molecular formula is C25H34O4S. The molecule has 2 unspecified atom stereocenters. The van der Waals surface area contributed by atoms with Gasteiger partial charge in [-0.1, -0.05) is 26.3 Å². The van der Waals surface area contributed by atoms with E-state index in [1.54, 1.807) is 0 Å². The van der Waals surface area contributed by atoms with Gasteiger partial charge in [0.2, 0.25) is 0 Å². The fourth-order valence-corrected chi connectivity index (χ4v) is 10.1. The van der Waals surface area contributed by atoms with Crippen LogP contribution in [-0.2, 0) is 19.1 Å². The van der Waals surface area contributed by atoms with Crippen molar-refractivity contribution in [2.75, 3.05) is 5.75 Å². The van der Waals surface area contributed by atoms with Crippen molar-refractivity contribution >= 4 is 23.5 Å². The molecule has 0 bridgehead atoms. The van der Waals surface area contributed by atoms with E-state index in [9.17, 15) is 9.59 Å². The highest BCUT2D eigenvalue weighted by Crippen LogP contribution is 2.78. The van der Waals surface area contributed by atoms with Gasteiger partial charge in [0.1, 0.15) is 11.2 Å². The smallest absolute Gasteiger partial charge is 0.306 e. The van der Waals surface area contributed by atoms with Crippen LogP contribution in [0.1, 0.15) is 78.6 Å². The third-order valence-electron chi connectivity index (χ3n) is 10.2. The standard InChI is InChI=1S/C25H34O4S/c1-4-11-30-18-13-15-12-16(26)5-8-22(15,2)25-19(28-25)14-23(3)17(21(18)25)6-9-24(23)10-7-20(27)29-24/h12,17-19,21H,4-11,13-14H2,1-3H3/t17?,18-,19+,21?,22+,23+,24-,25-/m1/s1. The second-order valence-corrected chi connectivity index (χ2v) is 12.6. The van der Waals surface area contributed by atoms with Gasteiger partial charge in [-0.15, -0.1) is 0 Å². The molecule has 5 fully saturated rings. The highest BCUT2D eigenvalue weighted by Gasteiger charge is 2.82. The van der Waals surface area contributed by atoms with Crippen LogP contribution in [0, 0.1) is 22.7 Å². The first kappa shape index (κ1) is 19.8. The van der Waals surface area contributed by atoms with Crippen molar-refractivity contribution in [2.24, 2.45) is 22.7 Å². The number of carbonyl (C=O) groups excluding carboxylic acids is 2. The van der Waals surface area contributed by atoms with Crippen LogP contribution in [0.4, 0.5) is 0 Å². The summed E-state index contributed by atoms with van der Waals surface area (Å²) in [7, 11) is 0. The molecule has 0 aromatic carbocycles. The molecule has 2 saturated heterocycles. The highest BCUT2D eigenvalue weighted by atomic mass is 32.2. The third-order valence-corrected chi connectivity index (χ3v) is 11.7. The van der Waals surface area contributed by atoms with E-state index >= 15 is 0 Å². The van der Waals surface area contributed by atoms with Crippen LogP contribution in [0.25, 0.3) is 0 Å². The number of epoxide rings is 1. The average molecular weight is 431 g/mol. The molecule has 6 aliphatic rings. The molecule has 8 atom stereocenters. The highest BCUT2D eigenvalue weighted by molar-refractivity contribution is 7.99. The minimum Gasteiger partial charge on any atom is -0.458 e. The summed E-state index contributed by atoms with van der Waals surface area (Å²) in [5, 5.41) is 0.497. The molecule has 0 amide bonds. The van der Waals surface area contributed by atoms with Crippen molar-refractivity contribution in [1.82, 2.24) is 0 Å². The maximum atomic E-state index is 12.3. The molecule has 164 valence electrons. The summed E-state index contributed by atoms with van der Waals surface area (Å²) in [4.78, 5) is 24.5. The zero-order chi connectivity index (χ0) is 20.9. The van der Waals surface area contributed by atoms with Crippen LogP contribution >= 0.6 is 11.8 Å². The second kappa shape index (κ2) is 6.15. The third kappa shape index (κ3) is 2.19. The van der Waals surface area contributed by atoms with Gasteiger partial charge < -0.3 is 9.47 Å². The maximum Gasteiger partial charge on any atom is 0.306 e. The van der Waals surface area contributed by atoms with Crippen molar-refractivity contribution < 1.29 is 19.1 Å². The van der Waals surface area contributed by atoms with E-state index in [0.29, 0.717) is 35.7 Å². The van der Waals surface area contributed by atoms with Crippen LogP contribution in [0.3, 0.4) is 0 Å². The van der Waals surface area contributed by atoms with Gasteiger partial charge in [0.05, 0.1) is 6.10 Å². The van der Waals surface area contributed by atoms with Gasteiger partial charge in [0.15, 0.2) is 5.78 Å². The Morgan fingerprint density at radius 1 is 1.17 bits per heavy atom. The van der Waals surface area contributed by atoms with Crippen LogP contribution in [0.2, 0.25) is 0 Å². The normalized spacial score (nSPS) is 53.5. The van der Waals surface area contributed by atoms with Crippen molar-refractivity contribution in [3.8, 4) is 0 Å². The van der Waals surface area contributed by atoms with Crippen molar-refractivity contribution in [2.45, 2.75) is 101 Å². The number of hydrogen-bond donors (Lipinski definition) is 0. The van der Waals surface area contributed by atoms with Gasteiger partial charge in [0, 0.05) is 34.8 Å². The number of ether oxygens (including phenoxy) is 2. The first-order valence-corrected chi connectivity index (χ1v) is 13.1. The minimum atomic E-state index is -0.271. The minimum absolute atomic E-state index is 0.00560. The predicted octanol–water partition coefficient (Wildman–Crippen LogP) is 4.85. The summed E-state index contributed by atoms with van der Waals surface area (Å²) in [6, 6.07) is 0. The lowest BCUT2D eigenvalue weighted by Gasteiger charge is -2.59. The number of rotatable bonds is 3. The Morgan fingerprint density at radius 3 is 2.73 bits per heavy atom. The predicted molar refractivity (Wildman–Crippen MR) is 116 cm³/mol. The quantitative estimate of drug-likeness (QED) is 0.473. The molecule has 2 aliphatic heterocycles. The Hall–Kier alpha value is -0.810. The van der Waals surface area contributed by atoms with E-state index in [-0.39, 0.29) is 34.1 Å². The second-order valence-electron chi connectivity index (χ2n) is 11.2. The topological polar surface area (TPSA) is 55.9 Å². The van der Waals surface area contributed by atoms with Crippen LogP contribution < -0.4 is 0 Å².